The van der Waals surface area contributed by atoms with Gasteiger partial charge < -0.3 is 0 Å². The third kappa shape index (κ3) is 7.42. The lowest BCUT2D eigenvalue weighted by molar-refractivity contribution is 0.504. The van der Waals surface area contributed by atoms with E-state index < -0.39 is 0 Å². The first-order valence-corrected chi connectivity index (χ1v) is 7.02. The molecular formula is C16H20N2O2. The van der Waals surface area contributed by atoms with Crippen LogP contribution in [0.15, 0.2) is 34.3 Å². The molecule has 1 aliphatic carbocycles. The van der Waals surface area contributed by atoms with Gasteiger partial charge in [-0.2, -0.15) is 0 Å². The van der Waals surface area contributed by atoms with Crippen LogP contribution in [0.3, 0.4) is 0 Å². The Morgan fingerprint density at radius 2 is 1.20 bits per heavy atom. The molecule has 1 aromatic carbocycles. The standard InChI is InChI=1S/C10H8N2O2.C6H12/c13-7-11-5-9-2-1-3-10(4-9)6-12-8-14;1-2-4-6-5-3-1/h1-4H,5-6H2;1-6H2. The normalized spacial score (nSPS) is 13.2. The van der Waals surface area contributed by atoms with E-state index in [1.54, 1.807) is 0 Å². The van der Waals surface area contributed by atoms with Gasteiger partial charge >= 0.3 is 0 Å². The predicted octanol–water partition coefficient (Wildman–Crippen LogP) is 3.70. The second-order valence-electron chi connectivity index (χ2n) is 4.76. The Morgan fingerprint density at radius 3 is 1.55 bits per heavy atom. The fourth-order valence-corrected chi connectivity index (χ4v) is 2.13. The second-order valence-corrected chi connectivity index (χ2v) is 4.76. The van der Waals surface area contributed by atoms with Gasteiger partial charge in [-0.05, 0) is 11.1 Å². The molecule has 0 atom stereocenters. The van der Waals surface area contributed by atoms with Gasteiger partial charge in [-0.3, -0.25) is 0 Å². The Labute approximate surface area is 119 Å². The summed E-state index contributed by atoms with van der Waals surface area (Å²) in [4.78, 5) is 26.6. The summed E-state index contributed by atoms with van der Waals surface area (Å²) >= 11 is 0. The monoisotopic (exact) mass is 272 g/mol. The van der Waals surface area contributed by atoms with Crippen molar-refractivity contribution in [3.8, 4) is 0 Å². The van der Waals surface area contributed by atoms with Crippen molar-refractivity contribution in [2.45, 2.75) is 51.6 Å². The van der Waals surface area contributed by atoms with E-state index in [2.05, 4.69) is 9.98 Å². The molecular weight excluding hydrogens is 252 g/mol. The van der Waals surface area contributed by atoms with Gasteiger partial charge in [0.2, 0.25) is 12.2 Å². The summed E-state index contributed by atoms with van der Waals surface area (Å²) in [7, 11) is 0. The van der Waals surface area contributed by atoms with Crippen LogP contribution >= 0.6 is 0 Å². The summed E-state index contributed by atoms with van der Waals surface area (Å²) < 4.78 is 0. The van der Waals surface area contributed by atoms with Crippen LogP contribution in [0.1, 0.15) is 49.7 Å². The van der Waals surface area contributed by atoms with Crippen molar-refractivity contribution >= 4 is 12.2 Å². The van der Waals surface area contributed by atoms with Crippen LogP contribution < -0.4 is 0 Å². The van der Waals surface area contributed by atoms with Gasteiger partial charge in [0, 0.05) is 0 Å². The molecule has 2 rings (SSSR count). The Morgan fingerprint density at radius 1 is 0.800 bits per heavy atom. The van der Waals surface area contributed by atoms with E-state index in [1.807, 2.05) is 24.3 Å². The average molecular weight is 272 g/mol. The largest absolute Gasteiger partial charge is 0.235 e. The maximum Gasteiger partial charge on any atom is 0.235 e. The third-order valence-electron chi connectivity index (χ3n) is 3.14. The van der Waals surface area contributed by atoms with Crippen molar-refractivity contribution in [1.29, 1.82) is 0 Å². The number of hydrogen-bond donors (Lipinski definition) is 0. The van der Waals surface area contributed by atoms with Gasteiger partial charge in [0.25, 0.3) is 0 Å². The molecule has 20 heavy (non-hydrogen) atoms. The number of rotatable bonds is 4. The highest BCUT2D eigenvalue weighted by Gasteiger charge is 1.95. The maximum atomic E-state index is 9.87. The van der Waals surface area contributed by atoms with E-state index in [0.717, 1.165) is 11.1 Å². The summed E-state index contributed by atoms with van der Waals surface area (Å²) in [6.07, 6.45) is 11.9. The smallest absolute Gasteiger partial charge is 0.211 e. The number of aliphatic imine (C=N–C) groups is 2. The zero-order valence-corrected chi connectivity index (χ0v) is 11.7. The maximum absolute atomic E-state index is 9.87. The molecule has 1 saturated carbocycles. The van der Waals surface area contributed by atoms with Crippen LogP contribution in [0.25, 0.3) is 0 Å². The van der Waals surface area contributed by atoms with E-state index in [-0.39, 0.29) is 0 Å². The minimum atomic E-state index is 0.308. The van der Waals surface area contributed by atoms with Crippen LogP contribution in [0.4, 0.5) is 0 Å². The van der Waals surface area contributed by atoms with Gasteiger partial charge in [-0.25, -0.2) is 19.6 Å². The first-order valence-electron chi connectivity index (χ1n) is 7.02. The number of nitrogens with zero attached hydrogens (tertiary/aromatic N) is 2. The SMILES string of the molecule is C1CCCCC1.O=C=NCc1cccc(CN=C=O)c1. The molecule has 0 radical (unpaired) electrons. The molecule has 1 fully saturated rings. The zero-order valence-electron chi connectivity index (χ0n) is 11.7. The molecule has 0 aromatic heterocycles. The molecule has 1 aromatic rings. The van der Waals surface area contributed by atoms with Crippen molar-refractivity contribution < 1.29 is 9.59 Å². The Hall–Kier alpha value is -2.02. The number of carbonyl (C=O) groups excluding carboxylic acids is 2. The third-order valence-corrected chi connectivity index (χ3v) is 3.14. The fourth-order valence-electron chi connectivity index (χ4n) is 2.13. The van der Waals surface area contributed by atoms with Gasteiger partial charge in [0.15, 0.2) is 0 Å². The summed E-state index contributed by atoms with van der Waals surface area (Å²) in [5, 5.41) is 0. The van der Waals surface area contributed by atoms with Gasteiger partial charge in [-0.1, -0.05) is 62.8 Å². The van der Waals surface area contributed by atoms with E-state index in [9.17, 15) is 9.59 Å². The molecule has 0 saturated heterocycles. The molecule has 0 unspecified atom stereocenters. The first kappa shape index (κ1) is 16.0. The fraction of sp³-hybridized carbons (Fsp3) is 0.500. The lowest BCUT2D eigenvalue weighted by Gasteiger charge is -2.05. The van der Waals surface area contributed by atoms with E-state index in [4.69, 9.17) is 0 Å². The molecule has 106 valence electrons. The molecule has 0 amide bonds. The van der Waals surface area contributed by atoms with Crippen LogP contribution in [-0.2, 0) is 22.7 Å². The number of isocyanates is 2. The summed E-state index contributed by atoms with van der Waals surface area (Å²) in [6.45, 7) is 0.615. The average Bonchev–Trinajstić information content (AvgIpc) is 2.53. The van der Waals surface area contributed by atoms with Gasteiger partial charge in [0.1, 0.15) is 0 Å². The minimum absolute atomic E-state index is 0.308. The van der Waals surface area contributed by atoms with E-state index in [1.165, 1.54) is 50.7 Å². The Bertz CT molecular complexity index is 436. The van der Waals surface area contributed by atoms with Crippen molar-refractivity contribution in [1.82, 2.24) is 0 Å². The lowest BCUT2D eigenvalue weighted by atomic mass is 10.0. The van der Waals surface area contributed by atoms with E-state index >= 15 is 0 Å². The molecule has 0 N–H and O–H groups in total. The topological polar surface area (TPSA) is 58.9 Å². The molecule has 0 aliphatic heterocycles. The van der Waals surface area contributed by atoms with Crippen molar-refractivity contribution in [2.24, 2.45) is 9.98 Å². The van der Waals surface area contributed by atoms with E-state index in [0.29, 0.717) is 13.1 Å². The van der Waals surface area contributed by atoms with Crippen molar-refractivity contribution in [3.05, 3.63) is 35.4 Å². The molecule has 0 spiro atoms. The molecule has 0 heterocycles. The lowest BCUT2D eigenvalue weighted by Crippen LogP contribution is -1.85. The zero-order chi connectivity index (χ0) is 14.5. The predicted molar refractivity (Wildman–Crippen MR) is 77.8 cm³/mol. The summed E-state index contributed by atoms with van der Waals surface area (Å²) in [6, 6.07) is 7.34. The first-order chi connectivity index (χ1) is 9.86. The Kier molecular flexibility index (Phi) is 8.71. The molecule has 0 bridgehead atoms. The van der Waals surface area contributed by atoms with Crippen LogP contribution in [0.5, 0.6) is 0 Å². The Balaban J connectivity index is 0.000000276. The van der Waals surface area contributed by atoms with Gasteiger partial charge in [0.05, 0.1) is 13.1 Å². The second kappa shape index (κ2) is 10.9. The van der Waals surface area contributed by atoms with Crippen LogP contribution in [0.2, 0.25) is 0 Å². The number of benzene rings is 1. The van der Waals surface area contributed by atoms with Crippen molar-refractivity contribution in [3.63, 3.8) is 0 Å². The molecule has 1 aliphatic rings. The molecule has 4 heteroatoms. The highest BCUT2D eigenvalue weighted by molar-refractivity contribution is 5.35. The summed E-state index contributed by atoms with van der Waals surface area (Å²) in [5.74, 6) is 0. The highest BCUT2D eigenvalue weighted by Crippen LogP contribution is 2.15. The highest BCUT2D eigenvalue weighted by atomic mass is 16.1. The summed E-state index contributed by atoms with van der Waals surface area (Å²) in [5.41, 5.74) is 1.79. The van der Waals surface area contributed by atoms with Gasteiger partial charge in [-0.15, -0.1) is 0 Å². The number of hydrogen-bond acceptors (Lipinski definition) is 4. The quantitative estimate of drug-likeness (QED) is 0.620. The minimum Gasteiger partial charge on any atom is -0.211 e. The van der Waals surface area contributed by atoms with Crippen LogP contribution in [0, 0.1) is 0 Å². The van der Waals surface area contributed by atoms with Crippen LogP contribution in [-0.4, -0.2) is 12.2 Å². The van der Waals surface area contributed by atoms with Crippen molar-refractivity contribution in [2.75, 3.05) is 0 Å². The molecule has 4 nitrogen and oxygen atoms in total.